The minimum absolute atomic E-state index is 0.0978. The van der Waals surface area contributed by atoms with Gasteiger partial charge in [-0.2, -0.15) is 0 Å². The molecule has 0 bridgehead atoms. The Kier molecular flexibility index (Phi) is 3.27. The lowest BCUT2D eigenvalue weighted by atomic mass is 9.86. The molecule has 1 aliphatic rings. The quantitative estimate of drug-likeness (QED) is 0.804. The normalized spacial score (nSPS) is 22.8. The number of para-hydroxylation sites is 1. The summed E-state index contributed by atoms with van der Waals surface area (Å²) in [6, 6.07) is 7.28. The Morgan fingerprint density at radius 3 is 2.76 bits per heavy atom. The monoisotopic (exact) mass is 232 g/mol. The lowest BCUT2D eigenvalue weighted by molar-refractivity contribution is -0.117. The first-order valence-corrected chi connectivity index (χ1v) is 5.89. The molecule has 3 nitrogen and oxygen atoms in total. The van der Waals surface area contributed by atoms with Crippen molar-refractivity contribution in [2.24, 2.45) is 5.92 Å². The molecular weight excluding hydrogens is 216 g/mol. The van der Waals surface area contributed by atoms with Crippen molar-refractivity contribution in [2.45, 2.75) is 32.8 Å². The Morgan fingerprint density at radius 2 is 2.06 bits per heavy atom. The van der Waals surface area contributed by atoms with Crippen molar-refractivity contribution in [1.82, 2.24) is 0 Å². The third-order valence-electron chi connectivity index (χ3n) is 3.18. The molecule has 0 saturated heterocycles. The van der Waals surface area contributed by atoms with Crippen molar-refractivity contribution in [3.8, 4) is 5.75 Å². The third kappa shape index (κ3) is 2.38. The molecule has 2 unspecified atom stereocenters. The van der Waals surface area contributed by atoms with Gasteiger partial charge in [0.15, 0.2) is 5.78 Å². The first kappa shape index (κ1) is 11.8. The summed E-state index contributed by atoms with van der Waals surface area (Å²) in [6.45, 7) is 3.44. The Balaban J connectivity index is 2.21. The number of fused-ring (bicyclic) bond motifs is 1. The molecule has 17 heavy (non-hydrogen) atoms. The molecule has 0 radical (unpaired) electrons. The molecule has 0 fully saturated rings. The molecular formula is C14H16O3. The van der Waals surface area contributed by atoms with Gasteiger partial charge in [-0.1, -0.05) is 12.1 Å². The maximum absolute atomic E-state index is 12.2. The zero-order chi connectivity index (χ0) is 12.4. The molecule has 2 rings (SSSR count). The van der Waals surface area contributed by atoms with E-state index in [0.717, 1.165) is 0 Å². The van der Waals surface area contributed by atoms with Crippen molar-refractivity contribution in [1.29, 1.82) is 0 Å². The molecule has 3 heteroatoms. The van der Waals surface area contributed by atoms with Crippen LogP contribution in [-0.4, -0.2) is 17.7 Å². The van der Waals surface area contributed by atoms with E-state index in [1.165, 1.54) is 0 Å². The molecule has 0 spiro atoms. The van der Waals surface area contributed by atoms with E-state index in [-0.39, 0.29) is 23.6 Å². The summed E-state index contributed by atoms with van der Waals surface area (Å²) in [5.74, 6) is 0.669. The second-order valence-electron chi connectivity index (χ2n) is 4.53. The highest BCUT2D eigenvalue weighted by Crippen LogP contribution is 2.32. The molecule has 0 N–H and O–H groups in total. The zero-order valence-electron chi connectivity index (χ0n) is 10.1. The summed E-state index contributed by atoms with van der Waals surface area (Å²) in [4.78, 5) is 23.2. The molecule has 1 aromatic carbocycles. The third-order valence-corrected chi connectivity index (χ3v) is 3.18. The van der Waals surface area contributed by atoms with Crippen LogP contribution in [0.5, 0.6) is 5.75 Å². The fourth-order valence-corrected chi connectivity index (χ4v) is 2.19. The van der Waals surface area contributed by atoms with E-state index in [1.807, 2.05) is 25.1 Å². The van der Waals surface area contributed by atoms with Crippen LogP contribution in [0.2, 0.25) is 0 Å². The van der Waals surface area contributed by atoms with Gasteiger partial charge < -0.3 is 9.53 Å². The topological polar surface area (TPSA) is 43.4 Å². The van der Waals surface area contributed by atoms with Crippen LogP contribution in [-0.2, 0) is 4.79 Å². The largest absolute Gasteiger partial charge is 0.489 e. The number of benzene rings is 1. The summed E-state index contributed by atoms with van der Waals surface area (Å²) in [5, 5.41) is 0. The number of hydrogen-bond acceptors (Lipinski definition) is 3. The van der Waals surface area contributed by atoms with Crippen LogP contribution in [0.15, 0.2) is 24.3 Å². The second kappa shape index (κ2) is 4.70. The highest BCUT2D eigenvalue weighted by molar-refractivity contribution is 6.01. The zero-order valence-corrected chi connectivity index (χ0v) is 10.1. The molecule has 1 aromatic rings. The Labute approximate surface area is 101 Å². The summed E-state index contributed by atoms with van der Waals surface area (Å²) in [5.41, 5.74) is 0.638. The van der Waals surface area contributed by atoms with Gasteiger partial charge in [0.2, 0.25) is 0 Å². The van der Waals surface area contributed by atoms with Crippen LogP contribution >= 0.6 is 0 Å². The van der Waals surface area contributed by atoms with Gasteiger partial charge in [0.1, 0.15) is 17.6 Å². The van der Waals surface area contributed by atoms with Crippen LogP contribution in [0.25, 0.3) is 0 Å². The van der Waals surface area contributed by atoms with Crippen molar-refractivity contribution >= 4 is 11.6 Å². The van der Waals surface area contributed by atoms with Crippen molar-refractivity contribution in [3.63, 3.8) is 0 Å². The maximum Gasteiger partial charge on any atom is 0.173 e. The lowest BCUT2D eigenvalue weighted by Crippen LogP contribution is -2.35. The number of carbonyl (C=O) groups is 2. The fraction of sp³-hybridized carbons (Fsp3) is 0.429. The van der Waals surface area contributed by atoms with Gasteiger partial charge >= 0.3 is 0 Å². The fourth-order valence-electron chi connectivity index (χ4n) is 2.19. The van der Waals surface area contributed by atoms with Gasteiger partial charge in [0, 0.05) is 6.42 Å². The maximum atomic E-state index is 12.2. The van der Waals surface area contributed by atoms with E-state index >= 15 is 0 Å². The highest BCUT2D eigenvalue weighted by atomic mass is 16.5. The Hall–Kier alpha value is -1.64. The average Bonchev–Trinajstić information content (AvgIpc) is 2.28. The molecule has 0 aromatic heterocycles. The van der Waals surface area contributed by atoms with Gasteiger partial charge in [-0.05, 0) is 32.4 Å². The molecule has 0 amide bonds. The molecule has 2 atom stereocenters. The second-order valence-corrected chi connectivity index (χ2v) is 4.53. The molecule has 1 aliphatic heterocycles. The van der Waals surface area contributed by atoms with Crippen LogP contribution in [0.4, 0.5) is 0 Å². The van der Waals surface area contributed by atoms with Crippen molar-refractivity contribution in [3.05, 3.63) is 29.8 Å². The molecule has 90 valence electrons. The molecule has 0 aliphatic carbocycles. The van der Waals surface area contributed by atoms with E-state index in [1.54, 1.807) is 13.0 Å². The number of carbonyl (C=O) groups excluding carboxylic acids is 2. The van der Waals surface area contributed by atoms with Gasteiger partial charge in [-0.3, -0.25) is 4.79 Å². The standard InChI is InChI=1S/C14H16O3/c1-9(15)7-8-11-10(2)17-13-6-4-3-5-12(13)14(11)16/h3-6,10-11H,7-8H2,1-2H3. The smallest absolute Gasteiger partial charge is 0.173 e. The van der Waals surface area contributed by atoms with E-state index in [2.05, 4.69) is 0 Å². The van der Waals surface area contributed by atoms with Crippen LogP contribution in [0, 0.1) is 5.92 Å². The van der Waals surface area contributed by atoms with Crippen molar-refractivity contribution < 1.29 is 14.3 Å². The van der Waals surface area contributed by atoms with Gasteiger partial charge in [-0.15, -0.1) is 0 Å². The average molecular weight is 232 g/mol. The number of ketones is 2. The van der Waals surface area contributed by atoms with E-state index in [4.69, 9.17) is 4.74 Å². The predicted molar refractivity (Wildman–Crippen MR) is 64.3 cm³/mol. The first-order chi connectivity index (χ1) is 8.09. The predicted octanol–water partition coefficient (Wildman–Crippen LogP) is 2.64. The van der Waals surface area contributed by atoms with Crippen LogP contribution in [0.3, 0.4) is 0 Å². The van der Waals surface area contributed by atoms with Crippen LogP contribution in [0.1, 0.15) is 37.0 Å². The summed E-state index contributed by atoms with van der Waals surface area (Å²) < 4.78 is 5.71. The summed E-state index contributed by atoms with van der Waals surface area (Å²) in [6.07, 6.45) is 0.854. The number of ether oxygens (including phenoxy) is 1. The van der Waals surface area contributed by atoms with E-state index < -0.39 is 0 Å². The number of Topliss-reactive ketones (excluding diaryl/α,β-unsaturated/α-hetero) is 2. The lowest BCUT2D eigenvalue weighted by Gasteiger charge is -2.30. The SMILES string of the molecule is CC(=O)CCC1C(=O)c2ccccc2OC1C. The summed E-state index contributed by atoms with van der Waals surface area (Å²) in [7, 11) is 0. The van der Waals surface area contributed by atoms with Crippen molar-refractivity contribution in [2.75, 3.05) is 0 Å². The van der Waals surface area contributed by atoms with Gasteiger partial charge in [-0.25, -0.2) is 0 Å². The minimum atomic E-state index is -0.200. The highest BCUT2D eigenvalue weighted by Gasteiger charge is 2.33. The Bertz CT molecular complexity index is 451. The van der Waals surface area contributed by atoms with Gasteiger partial charge in [0.05, 0.1) is 11.5 Å². The Morgan fingerprint density at radius 1 is 1.35 bits per heavy atom. The first-order valence-electron chi connectivity index (χ1n) is 5.89. The minimum Gasteiger partial charge on any atom is -0.489 e. The van der Waals surface area contributed by atoms with E-state index in [9.17, 15) is 9.59 Å². The van der Waals surface area contributed by atoms with Crippen LogP contribution < -0.4 is 4.74 Å². The number of rotatable bonds is 3. The van der Waals surface area contributed by atoms with E-state index in [0.29, 0.717) is 24.2 Å². The molecule has 1 heterocycles. The molecule has 0 saturated carbocycles. The van der Waals surface area contributed by atoms with Gasteiger partial charge in [0.25, 0.3) is 0 Å². The summed E-state index contributed by atoms with van der Waals surface area (Å²) >= 11 is 0. The number of hydrogen-bond donors (Lipinski definition) is 0.